The lowest BCUT2D eigenvalue weighted by Crippen LogP contribution is -2.20. The number of hydrogen-bond donors (Lipinski definition) is 0. The monoisotopic (exact) mass is 452 g/mol. The fourth-order valence-corrected chi connectivity index (χ4v) is 4.70. The molecule has 0 aliphatic rings. The first-order valence-corrected chi connectivity index (χ1v) is 11.9. The summed E-state index contributed by atoms with van der Waals surface area (Å²) in [5.74, 6) is -0.990. The third kappa shape index (κ3) is 5.60. The minimum Gasteiger partial charge on any atom is -0.445 e. The average Bonchev–Trinajstić information content (AvgIpc) is 2.83. The van der Waals surface area contributed by atoms with E-state index in [1.165, 1.54) is 24.3 Å². The summed E-state index contributed by atoms with van der Waals surface area (Å²) >= 11 is 0. The molecule has 0 heterocycles. The second-order valence-electron chi connectivity index (χ2n) is 6.81. The van der Waals surface area contributed by atoms with Crippen molar-refractivity contribution in [2.45, 2.75) is 20.0 Å². The van der Waals surface area contributed by atoms with Crippen molar-refractivity contribution in [3.8, 4) is 0 Å². The van der Waals surface area contributed by atoms with Gasteiger partial charge in [-0.05, 0) is 38.1 Å². The molecule has 0 radical (unpaired) electrons. The molecule has 3 aromatic rings. The second-order valence-corrected chi connectivity index (χ2v) is 8.83. The molecule has 0 spiro atoms. The minimum absolute atomic E-state index is 0.218. The summed E-state index contributed by atoms with van der Waals surface area (Å²) in [5, 5.41) is 0.345. The molecular weight excluding hydrogens is 427 g/mol. The summed E-state index contributed by atoms with van der Waals surface area (Å²) in [6, 6.07) is 23.5. The molecule has 0 fully saturated rings. The van der Waals surface area contributed by atoms with Gasteiger partial charge in [0.25, 0.3) is 0 Å². The molecule has 0 aliphatic heterocycles. The Morgan fingerprint density at radius 2 is 1.28 bits per heavy atom. The standard InChI is InChI=1S/C25H25O6P/c1-3-29-32(28,30-4-2)22-17-15-21(16-18-22)25(27)31-24(20-13-9-6-10-14-20)23(26)19-11-7-5-8-12-19/h5-18,24H,3-4H2,1-2H3. The molecular formula is C25H25O6P. The predicted octanol–water partition coefficient (Wildman–Crippen LogP) is 5.36. The number of carbonyl (C=O) groups is 2. The Hall–Kier alpha value is -3.05. The molecule has 0 aliphatic carbocycles. The fraction of sp³-hybridized carbons (Fsp3) is 0.200. The Balaban J connectivity index is 1.85. The molecule has 3 rings (SSSR count). The van der Waals surface area contributed by atoms with E-state index in [0.29, 0.717) is 16.4 Å². The SMILES string of the molecule is CCOP(=O)(OCC)c1ccc(C(=O)OC(C(=O)c2ccccc2)c2ccccc2)cc1. The van der Waals surface area contributed by atoms with Crippen molar-refractivity contribution in [1.82, 2.24) is 0 Å². The molecule has 1 unspecified atom stereocenters. The number of carbonyl (C=O) groups excluding carboxylic acids is 2. The quantitative estimate of drug-likeness (QED) is 0.234. The largest absolute Gasteiger partial charge is 0.445 e. The van der Waals surface area contributed by atoms with Gasteiger partial charge in [-0.1, -0.05) is 60.7 Å². The average molecular weight is 452 g/mol. The first-order valence-electron chi connectivity index (χ1n) is 10.3. The first kappa shape index (κ1) is 23.6. The van der Waals surface area contributed by atoms with Crippen molar-refractivity contribution in [2.24, 2.45) is 0 Å². The van der Waals surface area contributed by atoms with E-state index in [-0.39, 0.29) is 24.6 Å². The molecule has 0 aromatic heterocycles. The molecule has 0 saturated heterocycles. The first-order chi connectivity index (χ1) is 15.5. The molecule has 7 heteroatoms. The molecule has 0 bridgehead atoms. The maximum Gasteiger partial charge on any atom is 0.361 e. The van der Waals surface area contributed by atoms with E-state index >= 15 is 0 Å². The molecule has 1 atom stereocenters. The van der Waals surface area contributed by atoms with E-state index in [4.69, 9.17) is 13.8 Å². The molecule has 166 valence electrons. The third-order valence-corrected chi connectivity index (χ3v) is 6.77. The van der Waals surface area contributed by atoms with Gasteiger partial charge in [-0.25, -0.2) is 4.79 Å². The Bertz CT molecular complexity index is 1070. The van der Waals surface area contributed by atoms with Crippen LogP contribution in [0.3, 0.4) is 0 Å². The van der Waals surface area contributed by atoms with Crippen LogP contribution in [0.15, 0.2) is 84.9 Å². The Morgan fingerprint density at radius 1 is 0.750 bits per heavy atom. The van der Waals surface area contributed by atoms with Crippen LogP contribution in [-0.4, -0.2) is 25.0 Å². The molecule has 0 amide bonds. The third-order valence-electron chi connectivity index (χ3n) is 4.64. The Labute approximate surface area is 187 Å². The maximum absolute atomic E-state index is 13.1. The van der Waals surface area contributed by atoms with Crippen LogP contribution in [0.1, 0.15) is 46.2 Å². The molecule has 0 N–H and O–H groups in total. The van der Waals surface area contributed by atoms with E-state index in [1.54, 1.807) is 62.4 Å². The van der Waals surface area contributed by atoms with Crippen LogP contribution >= 0.6 is 7.60 Å². The van der Waals surface area contributed by atoms with Gasteiger partial charge in [-0.2, -0.15) is 0 Å². The smallest absolute Gasteiger partial charge is 0.361 e. The summed E-state index contributed by atoms with van der Waals surface area (Å²) in [5.41, 5.74) is 1.23. The summed E-state index contributed by atoms with van der Waals surface area (Å²) in [6.45, 7) is 3.90. The summed E-state index contributed by atoms with van der Waals surface area (Å²) < 4.78 is 29.2. The second kappa shape index (κ2) is 11.0. The highest BCUT2D eigenvalue weighted by atomic mass is 31.2. The van der Waals surface area contributed by atoms with Crippen molar-refractivity contribution in [3.05, 3.63) is 102 Å². The number of ketones is 1. The van der Waals surface area contributed by atoms with Crippen LogP contribution in [0, 0.1) is 0 Å². The molecule has 3 aromatic carbocycles. The van der Waals surface area contributed by atoms with Gasteiger partial charge in [0.2, 0.25) is 5.78 Å². The van der Waals surface area contributed by atoms with Crippen molar-refractivity contribution >= 4 is 24.7 Å². The minimum atomic E-state index is -3.46. The number of Topliss-reactive ketones (excluding diaryl/α,β-unsaturated/α-hetero) is 1. The lowest BCUT2D eigenvalue weighted by Gasteiger charge is -2.19. The lowest BCUT2D eigenvalue weighted by molar-refractivity contribution is 0.0280. The zero-order valence-electron chi connectivity index (χ0n) is 18.0. The van der Waals surface area contributed by atoms with Crippen molar-refractivity contribution in [3.63, 3.8) is 0 Å². The maximum atomic E-state index is 13.1. The van der Waals surface area contributed by atoms with E-state index in [0.717, 1.165) is 0 Å². The van der Waals surface area contributed by atoms with Gasteiger partial charge in [0.05, 0.1) is 24.1 Å². The van der Waals surface area contributed by atoms with Crippen molar-refractivity contribution in [2.75, 3.05) is 13.2 Å². The molecule has 0 saturated carbocycles. The molecule has 6 nitrogen and oxygen atoms in total. The van der Waals surface area contributed by atoms with Crippen LogP contribution in [0.25, 0.3) is 0 Å². The van der Waals surface area contributed by atoms with Gasteiger partial charge in [0.1, 0.15) is 0 Å². The van der Waals surface area contributed by atoms with Crippen LogP contribution < -0.4 is 5.30 Å². The summed E-state index contributed by atoms with van der Waals surface area (Å²) in [4.78, 5) is 26.0. The van der Waals surface area contributed by atoms with Gasteiger partial charge in [-0.15, -0.1) is 0 Å². The van der Waals surface area contributed by atoms with Gasteiger partial charge in [0, 0.05) is 11.1 Å². The highest BCUT2D eigenvalue weighted by Crippen LogP contribution is 2.46. The fourth-order valence-electron chi connectivity index (χ4n) is 3.14. The van der Waals surface area contributed by atoms with Gasteiger partial charge < -0.3 is 13.8 Å². The van der Waals surface area contributed by atoms with Gasteiger partial charge >= 0.3 is 13.6 Å². The zero-order valence-corrected chi connectivity index (χ0v) is 18.9. The number of esters is 1. The lowest BCUT2D eigenvalue weighted by atomic mass is 10.00. The Kier molecular flexibility index (Phi) is 8.12. The van der Waals surface area contributed by atoms with Crippen molar-refractivity contribution < 1.29 is 27.9 Å². The summed E-state index contributed by atoms with van der Waals surface area (Å²) in [7, 11) is -3.46. The van der Waals surface area contributed by atoms with E-state index in [2.05, 4.69) is 0 Å². The number of rotatable bonds is 10. The van der Waals surface area contributed by atoms with Gasteiger partial charge in [-0.3, -0.25) is 9.36 Å². The number of benzene rings is 3. The van der Waals surface area contributed by atoms with E-state index < -0.39 is 19.7 Å². The molecule has 32 heavy (non-hydrogen) atoms. The van der Waals surface area contributed by atoms with Crippen molar-refractivity contribution in [1.29, 1.82) is 0 Å². The summed E-state index contributed by atoms with van der Waals surface area (Å²) in [6.07, 6.45) is -1.09. The normalized spacial score (nSPS) is 12.2. The number of hydrogen-bond acceptors (Lipinski definition) is 6. The highest BCUT2D eigenvalue weighted by molar-refractivity contribution is 7.62. The van der Waals surface area contributed by atoms with Crippen LogP contribution in [0.2, 0.25) is 0 Å². The van der Waals surface area contributed by atoms with E-state index in [1.807, 2.05) is 12.1 Å². The highest BCUT2D eigenvalue weighted by Gasteiger charge is 2.29. The van der Waals surface area contributed by atoms with Crippen LogP contribution in [-0.2, 0) is 18.3 Å². The van der Waals surface area contributed by atoms with Crippen LogP contribution in [0.5, 0.6) is 0 Å². The van der Waals surface area contributed by atoms with E-state index in [9.17, 15) is 14.2 Å². The zero-order chi connectivity index (χ0) is 23.0. The Morgan fingerprint density at radius 3 is 1.81 bits per heavy atom. The number of ether oxygens (including phenoxy) is 1. The topological polar surface area (TPSA) is 78.9 Å². The predicted molar refractivity (Wildman–Crippen MR) is 122 cm³/mol. The van der Waals surface area contributed by atoms with Crippen LogP contribution in [0.4, 0.5) is 0 Å². The van der Waals surface area contributed by atoms with Gasteiger partial charge in [0.15, 0.2) is 6.10 Å².